The third kappa shape index (κ3) is 16.4. The van der Waals surface area contributed by atoms with E-state index in [9.17, 15) is 39.3 Å². The van der Waals surface area contributed by atoms with Crippen molar-refractivity contribution in [1.29, 1.82) is 0 Å². The first-order chi connectivity index (χ1) is 13.5. The molecule has 0 saturated heterocycles. The number of hydrogen-bond donors (Lipinski definition) is 1. The van der Waals surface area contributed by atoms with Crippen molar-refractivity contribution in [3.8, 4) is 0 Å². The molecule has 0 aliphatic heterocycles. The van der Waals surface area contributed by atoms with Crippen molar-refractivity contribution in [3.63, 3.8) is 0 Å². The Kier molecular flexibility index (Phi) is 16.1. The molecule has 0 fully saturated rings. The maximum Gasteiger partial charge on any atom is 0.317 e. The van der Waals surface area contributed by atoms with Crippen LogP contribution in [0.1, 0.15) is 27.2 Å². The van der Waals surface area contributed by atoms with Crippen LogP contribution < -0.4 is 15.3 Å². The Bertz CT molecular complexity index is 511. The van der Waals surface area contributed by atoms with Crippen LogP contribution in [0.5, 0.6) is 0 Å². The predicted molar refractivity (Wildman–Crippen MR) is 98.6 cm³/mol. The second kappa shape index (κ2) is 16.3. The van der Waals surface area contributed by atoms with Crippen LogP contribution in [0.25, 0.3) is 0 Å². The van der Waals surface area contributed by atoms with Gasteiger partial charge in [0.2, 0.25) is 0 Å². The number of aliphatic carboxylic acids is 4. The zero-order valence-corrected chi connectivity index (χ0v) is 16.3. The zero-order chi connectivity index (χ0) is 22.4. The van der Waals surface area contributed by atoms with E-state index in [2.05, 4.69) is 0 Å². The Morgan fingerprint density at radius 1 is 0.667 bits per heavy atom. The van der Waals surface area contributed by atoms with Gasteiger partial charge in [0, 0.05) is 52.2 Å². The van der Waals surface area contributed by atoms with Gasteiger partial charge in [-0.15, -0.1) is 0 Å². The number of carboxylic acid groups (broad SMARTS) is 4. The van der Waals surface area contributed by atoms with Crippen LogP contribution in [0.2, 0.25) is 0 Å². The van der Waals surface area contributed by atoms with Gasteiger partial charge in [-0.1, -0.05) is 14.4 Å². The third-order valence-corrected chi connectivity index (χ3v) is 3.81. The van der Waals surface area contributed by atoms with Crippen molar-refractivity contribution in [1.82, 2.24) is 14.7 Å². The molecular weight excluding hydrogens is 402 g/mol. The fourth-order valence-electron chi connectivity index (χ4n) is 2.61. The summed E-state index contributed by atoms with van der Waals surface area (Å²) in [7, 11) is 0. The van der Waals surface area contributed by atoms with Gasteiger partial charge in [-0.2, -0.15) is 0 Å². The normalized spacial score (nSPS) is 10.8. The van der Waals surface area contributed by atoms with E-state index in [1.54, 1.807) is 4.90 Å². The molecule has 0 spiro atoms. The molecule has 12 nitrogen and oxygen atoms in total. The number of carbonyl (C=O) groups excluding carboxylic acids is 4. The fraction of sp³-hybridized carbons (Fsp3) is 0.722. The molecule has 0 aliphatic carbocycles. The minimum atomic E-state index is -1.47. The largest absolute Gasteiger partial charge is 0.549 e. The van der Waals surface area contributed by atoms with Crippen LogP contribution in [-0.4, -0.2) is 108 Å². The lowest BCUT2D eigenvalue weighted by Crippen LogP contribution is -2.49. The van der Waals surface area contributed by atoms with Crippen LogP contribution in [0, 0.1) is 0 Å². The number of Topliss-reactive ketones (excluding diaryl/α,β-unsaturated/α-hetero) is 1. The number of carbonyl (C=O) groups is 5. The Balaban J connectivity index is 0. The minimum Gasteiger partial charge on any atom is -0.549 e. The molecule has 0 bridgehead atoms. The Morgan fingerprint density at radius 3 is 1.37 bits per heavy atom. The molecule has 0 radical (unpaired) electrons. The summed E-state index contributed by atoms with van der Waals surface area (Å²) in [4.78, 5) is 58.9. The van der Waals surface area contributed by atoms with E-state index in [4.69, 9.17) is 5.11 Å². The second-order valence-electron chi connectivity index (χ2n) is 6.50. The first kappa shape index (κ1) is 29.6. The van der Waals surface area contributed by atoms with Gasteiger partial charge < -0.3 is 34.8 Å². The van der Waals surface area contributed by atoms with E-state index in [0.29, 0.717) is 12.8 Å². The monoisotopic (exact) mass is 432 g/mol. The summed E-state index contributed by atoms with van der Waals surface area (Å²) in [6, 6.07) is 0. The van der Waals surface area contributed by atoms with Gasteiger partial charge in [0.05, 0.1) is 31.0 Å². The summed E-state index contributed by atoms with van der Waals surface area (Å²) in [6.45, 7) is -0.440. The Labute approximate surface area is 175 Å². The van der Waals surface area contributed by atoms with Crippen LogP contribution in [0.15, 0.2) is 0 Å². The molecular formula is C18H30N3O9-3. The smallest absolute Gasteiger partial charge is 0.317 e. The molecule has 0 aromatic carbocycles. The first-order valence-corrected chi connectivity index (χ1v) is 9.03. The van der Waals surface area contributed by atoms with Gasteiger partial charge in [-0.25, -0.2) is 0 Å². The van der Waals surface area contributed by atoms with Crippen LogP contribution >= 0.6 is 0 Å². The lowest BCUT2D eigenvalue weighted by Gasteiger charge is -2.29. The van der Waals surface area contributed by atoms with Gasteiger partial charge >= 0.3 is 5.97 Å². The standard InChI is InChI=1S/C17H29N3O9.CH4/c1-2-3-13(21)8-18(4-6-19(9-14(22)23)10-15(24)25)5-7-20(11-16(26)27)12-17(28)29;/h2-12H2,1H3,(H,22,23)(H,24,25)(H,26,27)(H,28,29);1H4/p-3. The number of nitrogens with zero attached hydrogens (tertiary/aromatic N) is 3. The van der Waals surface area contributed by atoms with Crippen molar-refractivity contribution in [2.45, 2.75) is 27.2 Å². The Morgan fingerprint density at radius 2 is 1.03 bits per heavy atom. The van der Waals surface area contributed by atoms with Gasteiger partial charge in [0.1, 0.15) is 5.78 Å². The summed E-state index contributed by atoms with van der Waals surface area (Å²) in [6.07, 6.45) is 0.917. The predicted octanol–water partition coefficient (Wildman–Crippen LogP) is -4.77. The van der Waals surface area contributed by atoms with Gasteiger partial charge in [0.15, 0.2) is 0 Å². The van der Waals surface area contributed by atoms with Crippen molar-refractivity contribution < 1.29 is 44.4 Å². The molecule has 0 aliphatic rings. The van der Waals surface area contributed by atoms with E-state index in [-0.39, 0.29) is 45.9 Å². The van der Waals surface area contributed by atoms with Crippen molar-refractivity contribution in [2.75, 3.05) is 58.9 Å². The van der Waals surface area contributed by atoms with Crippen molar-refractivity contribution >= 4 is 29.7 Å². The maximum absolute atomic E-state index is 12.0. The summed E-state index contributed by atoms with van der Waals surface area (Å²) in [5.41, 5.74) is 0. The minimum absolute atomic E-state index is 0. The topological polar surface area (TPSA) is 184 Å². The van der Waals surface area contributed by atoms with Gasteiger partial charge in [-0.05, 0) is 6.42 Å². The molecule has 30 heavy (non-hydrogen) atoms. The zero-order valence-electron chi connectivity index (χ0n) is 16.3. The third-order valence-electron chi connectivity index (χ3n) is 3.81. The molecule has 0 aromatic rings. The summed E-state index contributed by atoms with van der Waals surface area (Å²) in [5, 5.41) is 41.2. The molecule has 174 valence electrons. The fourth-order valence-corrected chi connectivity index (χ4v) is 2.61. The average molecular weight is 432 g/mol. The molecule has 0 atom stereocenters. The highest BCUT2D eigenvalue weighted by molar-refractivity contribution is 5.80. The quantitative estimate of drug-likeness (QED) is 0.218. The van der Waals surface area contributed by atoms with Crippen molar-refractivity contribution in [3.05, 3.63) is 0 Å². The molecule has 0 heterocycles. The lowest BCUT2D eigenvalue weighted by atomic mass is 10.2. The van der Waals surface area contributed by atoms with E-state index < -0.39 is 50.1 Å². The number of rotatable bonds is 18. The maximum atomic E-state index is 12.0. The highest BCUT2D eigenvalue weighted by Gasteiger charge is 2.16. The van der Waals surface area contributed by atoms with E-state index in [1.165, 1.54) is 0 Å². The van der Waals surface area contributed by atoms with E-state index in [0.717, 1.165) is 9.80 Å². The highest BCUT2D eigenvalue weighted by atomic mass is 16.4. The number of ketones is 1. The van der Waals surface area contributed by atoms with Gasteiger partial charge in [0.25, 0.3) is 0 Å². The van der Waals surface area contributed by atoms with Gasteiger partial charge in [-0.3, -0.25) is 24.3 Å². The number of hydrogen-bond acceptors (Lipinski definition) is 11. The van der Waals surface area contributed by atoms with Crippen molar-refractivity contribution in [2.24, 2.45) is 0 Å². The van der Waals surface area contributed by atoms with Crippen LogP contribution in [0.4, 0.5) is 0 Å². The molecule has 0 aromatic heterocycles. The van der Waals surface area contributed by atoms with Crippen LogP contribution in [0.3, 0.4) is 0 Å². The lowest BCUT2D eigenvalue weighted by molar-refractivity contribution is -0.311. The van der Waals surface area contributed by atoms with E-state index in [1.807, 2.05) is 6.92 Å². The first-order valence-electron chi connectivity index (χ1n) is 9.03. The van der Waals surface area contributed by atoms with E-state index >= 15 is 0 Å². The summed E-state index contributed by atoms with van der Waals surface area (Å²) < 4.78 is 0. The molecule has 0 rings (SSSR count). The highest BCUT2D eigenvalue weighted by Crippen LogP contribution is 1.99. The molecule has 0 unspecified atom stereocenters. The SMILES string of the molecule is C.CCCC(=O)CN(CCN(CC(=O)[O-])CC(=O)[O-])CCN(CC(=O)[O-])CC(=O)O. The Hall–Kier alpha value is -2.57. The molecule has 0 saturated carbocycles. The number of carboxylic acids is 4. The molecule has 0 amide bonds. The van der Waals surface area contributed by atoms with Crippen LogP contribution in [-0.2, 0) is 24.0 Å². The molecule has 1 N–H and O–H groups in total. The average Bonchev–Trinajstić information content (AvgIpc) is 2.54. The summed E-state index contributed by atoms with van der Waals surface area (Å²) in [5.74, 6) is -5.73. The second-order valence-corrected chi connectivity index (χ2v) is 6.50. The summed E-state index contributed by atoms with van der Waals surface area (Å²) >= 11 is 0. The molecule has 12 heteroatoms.